The Kier molecular flexibility index (Phi) is 7.75. The number of hydrogen-bond acceptors (Lipinski definition) is 2. The molecule has 0 unspecified atom stereocenters. The third-order valence-corrected chi connectivity index (χ3v) is 13.1. The zero-order valence-electron chi connectivity index (χ0n) is 32.1. The molecule has 0 spiro atoms. The maximum Gasteiger partial charge on any atom is 0.0646 e. The molecular formula is C56H36N2S. The fourth-order valence-electron chi connectivity index (χ4n) is 9.14. The van der Waals surface area contributed by atoms with Crippen molar-refractivity contribution in [3.8, 4) is 27.9 Å². The maximum absolute atomic E-state index is 2.44. The first-order valence-electron chi connectivity index (χ1n) is 20.2. The van der Waals surface area contributed by atoms with Gasteiger partial charge in [0, 0.05) is 43.3 Å². The predicted octanol–water partition coefficient (Wildman–Crippen LogP) is 16.3. The summed E-state index contributed by atoms with van der Waals surface area (Å²) in [4.78, 5) is 2.43. The highest BCUT2D eigenvalue weighted by Gasteiger charge is 2.21. The second-order valence-electron chi connectivity index (χ2n) is 15.3. The number of anilines is 3. The van der Waals surface area contributed by atoms with E-state index in [0.29, 0.717) is 0 Å². The van der Waals surface area contributed by atoms with E-state index in [4.69, 9.17) is 0 Å². The lowest BCUT2D eigenvalue weighted by Gasteiger charge is -2.27. The summed E-state index contributed by atoms with van der Waals surface area (Å²) in [5.74, 6) is 0. The van der Waals surface area contributed by atoms with E-state index in [0.717, 1.165) is 17.1 Å². The van der Waals surface area contributed by atoms with E-state index in [1.165, 1.54) is 91.5 Å². The van der Waals surface area contributed by atoms with Crippen LogP contribution in [0.5, 0.6) is 0 Å². The molecule has 0 N–H and O–H groups in total. The van der Waals surface area contributed by atoms with Crippen molar-refractivity contribution in [2.45, 2.75) is 0 Å². The average Bonchev–Trinajstić information content (AvgIpc) is 3.85. The first-order chi connectivity index (χ1) is 29.2. The van der Waals surface area contributed by atoms with E-state index in [1.54, 1.807) is 0 Å². The molecule has 2 aromatic heterocycles. The lowest BCUT2D eigenvalue weighted by atomic mass is 9.98. The summed E-state index contributed by atoms with van der Waals surface area (Å²) < 4.78 is 5.00. The fourth-order valence-corrected chi connectivity index (χ4v) is 10.3. The summed E-state index contributed by atoms with van der Waals surface area (Å²) >= 11 is 1.87. The van der Waals surface area contributed by atoms with Gasteiger partial charge in [0.25, 0.3) is 0 Å². The van der Waals surface area contributed by atoms with Crippen LogP contribution in [0.15, 0.2) is 218 Å². The lowest BCUT2D eigenvalue weighted by molar-refractivity contribution is 1.19. The first kappa shape index (κ1) is 33.7. The van der Waals surface area contributed by atoms with Gasteiger partial charge in [-0.2, -0.15) is 0 Å². The van der Waals surface area contributed by atoms with Gasteiger partial charge in [0.1, 0.15) is 0 Å². The molecule has 12 rings (SSSR count). The number of benzene rings is 10. The average molecular weight is 769 g/mol. The van der Waals surface area contributed by atoms with Gasteiger partial charge in [-0.15, -0.1) is 11.3 Å². The standard InChI is InChI=1S/C56H36N2S/c1-3-13-37(14-4-1)38-25-29-44(30-26-38)57(43-16-5-2-6-17-43)54-35-42(34-51-48-20-10-12-22-55(48)59-56(51)54)41-28-32-53-50(33-41)47-19-9-11-21-52(47)58(53)45-31-27-40-24-23-39-15-7-8-18-46(39)49(40)36-45/h1-36H. The number of nitrogens with zero attached hydrogens (tertiary/aromatic N) is 2. The molecule has 0 radical (unpaired) electrons. The second kappa shape index (κ2) is 13.6. The minimum Gasteiger partial charge on any atom is -0.309 e. The van der Waals surface area contributed by atoms with Gasteiger partial charge in [0.05, 0.1) is 21.4 Å². The Bertz CT molecular complexity index is 3540. The topological polar surface area (TPSA) is 8.17 Å². The highest BCUT2D eigenvalue weighted by molar-refractivity contribution is 7.26. The van der Waals surface area contributed by atoms with Crippen LogP contribution in [0.2, 0.25) is 0 Å². The Morgan fingerprint density at radius 1 is 0.339 bits per heavy atom. The Morgan fingerprint density at radius 2 is 0.932 bits per heavy atom. The highest BCUT2D eigenvalue weighted by Crippen LogP contribution is 2.48. The number of aromatic nitrogens is 1. The predicted molar refractivity (Wildman–Crippen MR) is 254 cm³/mol. The van der Waals surface area contributed by atoms with E-state index in [2.05, 4.69) is 228 Å². The molecule has 59 heavy (non-hydrogen) atoms. The Morgan fingerprint density at radius 3 is 1.76 bits per heavy atom. The van der Waals surface area contributed by atoms with Gasteiger partial charge in [0.15, 0.2) is 0 Å². The van der Waals surface area contributed by atoms with E-state index in [9.17, 15) is 0 Å². The molecule has 0 amide bonds. The van der Waals surface area contributed by atoms with Gasteiger partial charge < -0.3 is 9.47 Å². The Balaban J connectivity index is 1.07. The van der Waals surface area contributed by atoms with Crippen LogP contribution in [0.1, 0.15) is 0 Å². The van der Waals surface area contributed by atoms with Crippen LogP contribution >= 0.6 is 11.3 Å². The van der Waals surface area contributed by atoms with Crippen LogP contribution in [-0.2, 0) is 0 Å². The third kappa shape index (κ3) is 5.55. The molecule has 12 aromatic rings. The van der Waals surface area contributed by atoms with E-state index in [1.807, 2.05) is 11.3 Å². The van der Waals surface area contributed by atoms with Crippen molar-refractivity contribution in [2.24, 2.45) is 0 Å². The van der Waals surface area contributed by atoms with Gasteiger partial charge in [-0.25, -0.2) is 0 Å². The Labute approximate surface area is 346 Å². The molecule has 0 aliphatic carbocycles. The van der Waals surface area contributed by atoms with Crippen molar-refractivity contribution < 1.29 is 0 Å². The molecule has 0 saturated carbocycles. The zero-order valence-corrected chi connectivity index (χ0v) is 32.9. The maximum atomic E-state index is 2.44. The fraction of sp³-hybridized carbons (Fsp3) is 0. The molecule has 276 valence electrons. The van der Waals surface area contributed by atoms with Crippen molar-refractivity contribution >= 4 is 91.9 Å². The normalized spacial score (nSPS) is 11.7. The van der Waals surface area contributed by atoms with Gasteiger partial charge in [0.2, 0.25) is 0 Å². The largest absolute Gasteiger partial charge is 0.309 e. The molecule has 10 aromatic carbocycles. The number of thiophene rings is 1. The monoisotopic (exact) mass is 768 g/mol. The van der Waals surface area contributed by atoms with Gasteiger partial charge >= 0.3 is 0 Å². The number of hydrogen-bond donors (Lipinski definition) is 0. The number of rotatable bonds is 6. The van der Waals surface area contributed by atoms with Crippen molar-refractivity contribution in [3.63, 3.8) is 0 Å². The molecule has 2 heterocycles. The Hall–Kier alpha value is -7.46. The van der Waals surface area contributed by atoms with Gasteiger partial charge in [-0.3, -0.25) is 0 Å². The number of fused-ring (bicyclic) bond motifs is 9. The molecule has 0 fully saturated rings. The molecule has 0 aliphatic rings. The van der Waals surface area contributed by atoms with Crippen molar-refractivity contribution in [3.05, 3.63) is 218 Å². The molecule has 0 aliphatic heterocycles. The van der Waals surface area contributed by atoms with Crippen molar-refractivity contribution in [1.29, 1.82) is 0 Å². The lowest BCUT2D eigenvalue weighted by Crippen LogP contribution is -2.10. The minimum absolute atomic E-state index is 1.12. The van der Waals surface area contributed by atoms with E-state index < -0.39 is 0 Å². The number of para-hydroxylation sites is 2. The van der Waals surface area contributed by atoms with Crippen molar-refractivity contribution in [2.75, 3.05) is 4.90 Å². The molecule has 0 atom stereocenters. The summed E-state index contributed by atoms with van der Waals surface area (Å²) in [5, 5.41) is 10.1. The summed E-state index contributed by atoms with van der Waals surface area (Å²) in [6, 6.07) is 80.0. The zero-order chi connectivity index (χ0) is 38.9. The summed E-state index contributed by atoms with van der Waals surface area (Å²) in [7, 11) is 0. The smallest absolute Gasteiger partial charge is 0.0646 e. The molecule has 3 heteroatoms. The van der Waals surface area contributed by atoms with Crippen molar-refractivity contribution in [1.82, 2.24) is 4.57 Å². The summed E-state index contributed by atoms with van der Waals surface area (Å²) in [5.41, 5.74) is 11.8. The quantitative estimate of drug-likeness (QED) is 0.153. The van der Waals surface area contributed by atoms with Crippen LogP contribution in [-0.4, -0.2) is 4.57 Å². The minimum atomic E-state index is 1.12. The molecular weight excluding hydrogens is 733 g/mol. The van der Waals surface area contributed by atoms with Gasteiger partial charge in [-0.05, 0) is 117 Å². The van der Waals surface area contributed by atoms with Crippen LogP contribution in [0.4, 0.5) is 17.1 Å². The summed E-state index contributed by atoms with van der Waals surface area (Å²) in [6.07, 6.45) is 0. The van der Waals surface area contributed by atoms with Crippen LogP contribution < -0.4 is 4.90 Å². The van der Waals surface area contributed by atoms with Crippen LogP contribution in [0.25, 0.3) is 91.5 Å². The van der Waals surface area contributed by atoms with Crippen LogP contribution in [0, 0.1) is 0 Å². The van der Waals surface area contributed by atoms with Crippen LogP contribution in [0.3, 0.4) is 0 Å². The molecule has 0 saturated heterocycles. The molecule has 0 bridgehead atoms. The van der Waals surface area contributed by atoms with E-state index in [-0.39, 0.29) is 0 Å². The third-order valence-electron chi connectivity index (χ3n) is 11.9. The van der Waals surface area contributed by atoms with E-state index >= 15 is 0 Å². The SMILES string of the molecule is c1ccc(-c2ccc(N(c3ccccc3)c3cc(-c4ccc5c(c4)c4ccccc4n5-c4ccc5ccc6ccccc6c5c4)cc4c3sc3ccccc34)cc2)cc1. The van der Waals surface area contributed by atoms with Gasteiger partial charge in [-0.1, -0.05) is 146 Å². The highest BCUT2D eigenvalue weighted by atomic mass is 32.1. The second-order valence-corrected chi connectivity index (χ2v) is 16.4. The summed E-state index contributed by atoms with van der Waals surface area (Å²) in [6.45, 7) is 0. The molecule has 2 nitrogen and oxygen atoms in total. The first-order valence-corrected chi connectivity index (χ1v) is 21.0.